The quantitative estimate of drug-likeness (QED) is 0.242. The van der Waals surface area contributed by atoms with Gasteiger partial charge >= 0.3 is 11.9 Å². The second kappa shape index (κ2) is 9.81. The van der Waals surface area contributed by atoms with Gasteiger partial charge in [0.1, 0.15) is 5.82 Å². The molecule has 0 N–H and O–H groups in total. The third-order valence-corrected chi connectivity index (χ3v) is 6.50. The lowest BCUT2D eigenvalue weighted by Crippen LogP contribution is -2.23. The number of hydrogen-bond acceptors (Lipinski definition) is 4. The van der Waals surface area contributed by atoms with E-state index in [1.54, 1.807) is 36.4 Å². The number of aromatic nitrogens is 4. The van der Waals surface area contributed by atoms with E-state index in [0.29, 0.717) is 38.2 Å². The van der Waals surface area contributed by atoms with Crippen molar-refractivity contribution in [3.05, 3.63) is 104 Å². The Morgan fingerprint density at radius 1 is 0.842 bits per heavy atom. The summed E-state index contributed by atoms with van der Waals surface area (Å²) in [5.74, 6) is 0.713. The maximum atomic E-state index is 13.7. The van der Waals surface area contributed by atoms with Gasteiger partial charge in [-0.05, 0) is 53.1 Å². The number of rotatable bonds is 5. The van der Waals surface area contributed by atoms with Gasteiger partial charge in [0, 0.05) is 29.7 Å². The molecule has 0 saturated heterocycles. The second-order valence-corrected chi connectivity index (χ2v) is 9.71. The minimum absolute atomic E-state index is 0.0338. The molecular formula is C27H20Cl2F3N5O. The van der Waals surface area contributed by atoms with Crippen LogP contribution < -0.4 is 10.6 Å². The van der Waals surface area contributed by atoms with E-state index < -0.39 is 17.4 Å². The maximum Gasteiger partial charge on any atom is 0.416 e. The highest BCUT2D eigenvalue weighted by Crippen LogP contribution is 2.38. The van der Waals surface area contributed by atoms with Gasteiger partial charge in [0.05, 0.1) is 17.8 Å². The zero-order chi connectivity index (χ0) is 27.2. The Kier molecular flexibility index (Phi) is 6.66. The van der Waals surface area contributed by atoms with Crippen LogP contribution in [0.1, 0.15) is 11.1 Å². The van der Waals surface area contributed by atoms with Crippen molar-refractivity contribution >= 4 is 34.8 Å². The Hall–Kier alpha value is -3.82. The van der Waals surface area contributed by atoms with E-state index >= 15 is 0 Å². The Morgan fingerprint density at radius 3 is 1.92 bits per heavy atom. The highest BCUT2D eigenvalue weighted by atomic mass is 35.5. The summed E-state index contributed by atoms with van der Waals surface area (Å²) in [4.78, 5) is 20.2. The zero-order valence-electron chi connectivity index (χ0n) is 20.2. The molecule has 0 fully saturated rings. The van der Waals surface area contributed by atoms with Crippen molar-refractivity contribution < 1.29 is 13.2 Å². The fourth-order valence-electron chi connectivity index (χ4n) is 4.20. The van der Waals surface area contributed by atoms with Gasteiger partial charge in [0.25, 0.3) is 5.78 Å². The van der Waals surface area contributed by atoms with Crippen LogP contribution in [0.25, 0.3) is 28.2 Å². The summed E-state index contributed by atoms with van der Waals surface area (Å²) in [7, 11) is 3.67. The van der Waals surface area contributed by atoms with Crippen molar-refractivity contribution in [2.75, 3.05) is 19.0 Å². The van der Waals surface area contributed by atoms with Crippen molar-refractivity contribution in [2.45, 2.75) is 12.7 Å². The van der Waals surface area contributed by atoms with Crippen molar-refractivity contribution in [2.24, 2.45) is 0 Å². The lowest BCUT2D eigenvalue weighted by molar-refractivity contribution is -0.137. The highest BCUT2D eigenvalue weighted by molar-refractivity contribution is 6.31. The van der Waals surface area contributed by atoms with Gasteiger partial charge in [-0.3, -0.25) is 0 Å². The molecule has 11 heteroatoms. The molecule has 0 aliphatic rings. The third kappa shape index (κ3) is 4.87. The largest absolute Gasteiger partial charge is 0.416 e. The molecule has 0 aliphatic heterocycles. The summed E-state index contributed by atoms with van der Waals surface area (Å²) in [6.07, 6.45) is -4.45. The smallest absolute Gasteiger partial charge is 0.362 e. The molecule has 0 atom stereocenters. The predicted octanol–water partition coefficient (Wildman–Crippen LogP) is 6.66. The maximum absolute atomic E-state index is 13.7. The molecule has 5 rings (SSSR count). The minimum atomic E-state index is -4.45. The fourth-order valence-corrected chi connectivity index (χ4v) is 4.45. The Labute approximate surface area is 225 Å². The molecule has 0 aliphatic carbocycles. The molecule has 6 nitrogen and oxygen atoms in total. The van der Waals surface area contributed by atoms with E-state index in [9.17, 15) is 18.0 Å². The summed E-state index contributed by atoms with van der Waals surface area (Å²) in [6.45, 7) is -0.0338. The molecule has 0 radical (unpaired) electrons. The van der Waals surface area contributed by atoms with Crippen LogP contribution in [-0.2, 0) is 12.7 Å². The molecule has 0 bridgehead atoms. The van der Waals surface area contributed by atoms with Gasteiger partial charge in [0.2, 0.25) is 0 Å². The Bertz CT molecular complexity index is 1670. The predicted molar refractivity (Wildman–Crippen MR) is 143 cm³/mol. The Morgan fingerprint density at radius 2 is 1.39 bits per heavy atom. The molecule has 2 heterocycles. The molecule has 0 spiro atoms. The summed E-state index contributed by atoms with van der Waals surface area (Å²) >= 11 is 12.3. The number of benzene rings is 3. The van der Waals surface area contributed by atoms with Crippen LogP contribution in [0, 0.1) is 0 Å². The molecule has 5 aromatic rings. The molecular weight excluding hydrogens is 538 g/mol. The monoisotopic (exact) mass is 557 g/mol. The van der Waals surface area contributed by atoms with Crippen LogP contribution in [0.4, 0.5) is 19.0 Å². The van der Waals surface area contributed by atoms with E-state index in [1.807, 2.05) is 31.1 Å². The van der Waals surface area contributed by atoms with E-state index in [0.717, 1.165) is 17.7 Å². The highest BCUT2D eigenvalue weighted by Gasteiger charge is 2.30. The first-order valence-corrected chi connectivity index (χ1v) is 12.2. The van der Waals surface area contributed by atoms with Crippen molar-refractivity contribution in [1.82, 2.24) is 19.2 Å². The molecule has 3 aromatic carbocycles. The van der Waals surface area contributed by atoms with E-state index in [-0.39, 0.29) is 12.3 Å². The second-order valence-electron chi connectivity index (χ2n) is 8.84. The summed E-state index contributed by atoms with van der Waals surface area (Å²) in [5, 5.41) is 5.53. The van der Waals surface area contributed by atoms with Gasteiger partial charge < -0.3 is 4.90 Å². The average molecular weight is 558 g/mol. The van der Waals surface area contributed by atoms with Crippen LogP contribution in [0.3, 0.4) is 0 Å². The number of fused-ring (bicyclic) bond motifs is 1. The van der Waals surface area contributed by atoms with Gasteiger partial charge in [-0.1, -0.05) is 59.6 Å². The van der Waals surface area contributed by atoms with Gasteiger partial charge in [-0.25, -0.2) is 13.9 Å². The fraction of sp³-hybridized carbons (Fsp3) is 0.148. The molecule has 0 unspecified atom stereocenters. The van der Waals surface area contributed by atoms with E-state index in [2.05, 4.69) is 5.10 Å². The Balaban J connectivity index is 1.76. The van der Waals surface area contributed by atoms with Gasteiger partial charge in [0.15, 0.2) is 0 Å². The van der Waals surface area contributed by atoms with Crippen molar-refractivity contribution in [3.63, 3.8) is 0 Å². The van der Waals surface area contributed by atoms with Crippen molar-refractivity contribution in [1.29, 1.82) is 0 Å². The first-order valence-electron chi connectivity index (χ1n) is 11.4. The number of anilines is 1. The van der Waals surface area contributed by atoms with Gasteiger partial charge in [-0.15, -0.1) is 5.10 Å². The molecule has 0 saturated carbocycles. The van der Waals surface area contributed by atoms with Crippen LogP contribution >= 0.6 is 23.2 Å². The van der Waals surface area contributed by atoms with Gasteiger partial charge in [-0.2, -0.15) is 18.2 Å². The van der Waals surface area contributed by atoms with Crippen LogP contribution in [0.2, 0.25) is 10.0 Å². The summed E-state index contributed by atoms with van der Waals surface area (Å²) < 4.78 is 41.6. The number of nitrogens with zero attached hydrogens (tertiary/aromatic N) is 5. The summed E-state index contributed by atoms with van der Waals surface area (Å²) in [6, 6.07) is 18.9. The number of alkyl halides is 3. The van der Waals surface area contributed by atoms with E-state index in [4.69, 9.17) is 28.2 Å². The lowest BCUT2D eigenvalue weighted by Gasteiger charge is -2.20. The number of hydrogen-bond donors (Lipinski definition) is 0. The first kappa shape index (κ1) is 25.8. The van der Waals surface area contributed by atoms with Crippen LogP contribution in [0.15, 0.2) is 77.6 Å². The minimum Gasteiger partial charge on any atom is -0.362 e. The standard InChI is InChI=1S/C27H20Cl2F3N5O/c1-35(2)24-22(17-5-11-20(28)12-6-17)23(18-7-13-21(29)14-8-18)37-25(33-24)34-36(26(37)38)15-16-3-9-19(10-4-16)27(30,31)32/h3-14H,15H2,1-2H3. The zero-order valence-corrected chi connectivity index (χ0v) is 21.7. The normalized spacial score (nSPS) is 11.8. The lowest BCUT2D eigenvalue weighted by atomic mass is 9.99. The molecule has 0 amide bonds. The van der Waals surface area contributed by atoms with Crippen LogP contribution in [-0.4, -0.2) is 33.3 Å². The number of halogens is 5. The SMILES string of the molecule is CN(C)c1nc2nn(Cc3ccc(C(F)(F)F)cc3)c(=O)n2c(-c2ccc(Cl)cc2)c1-c1ccc(Cl)cc1. The summed E-state index contributed by atoms with van der Waals surface area (Å²) in [5.41, 5.74) is 1.93. The molecule has 38 heavy (non-hydrogen) atoms. The third-order valence-electron chi connectivity index (χ3n) is 6.00. The van der Waals surface area contributed by atoms with Crippen LogP contribution in [0.5, 0.6) is 0 Å². The topological polar surface area (TPSA) is 55.4 Å². The molecule has 2 aromatic heterocycles. The van der Waals surface area contributed by atoms with Crippen molar-refractivity contribution in [3.8, 4) is 22.4 Å². The first-order chi connectivity index (χ1) is 18.0. The average Bonchev–Trinajstić information content (AvgIpc) is 3.18. The molecule has 194 valence electrons. The van der Waals surface area contributed by atoms with E-state index in [1.165, 1.54) is 21.2 Å².